The zero-order valence-electron chi connectivity index (χ0n) is 18.0. The molecule has 32 heavy (non-hydrogen) atoms. The number of carbonyl (C=O) groups excluding carboxylic acids is 6. The Kier molecular flexibility index (Phi) is 12.2. The molecule has 0 aliphatic heterocycles. The predicted octanol–water partition coefficient (Wildman–Crippen LogP) is -3.82. The summed E-state index contributed by atoms with van der Waals surface area (Å²) in [5, 5.41) is 24.3. The molecule has 0 radical (unpaired) electrons. The van der Waals surface area contributed by atoms with Crippen LogP contribution in [0.3, 0.4) is 0 Å². The van der Waals surface area contributed by atoms with Crippen molar-refractivity contribution in [3.63, 3.8) is 0 Å². The summed E-state index contributed by atoms with van der Waals surface area (Å²) in [6.45, 7) is 8.34. The van der Waals surface area contributed by atoms with E-state index in [0.29, 0.717) is 0 Å². The van der Waals surface area contributed by atoms with Crippen LogP contribution in [-0.2, 0) is 38.2 Å². The maximum atomic E-state index is 12.6. The number of esters is 2. The van der Waals surface area contributed by atoms with Crippen molar-refractivity contribution in [2.75, 3.05) is 13.2 Å². The summed E-state index contributed by atoms with van der Waals surface area (Å²) in [5.41, 5.74) is 3.62. The van der Waals surface area contributed by atoms with Gasteiger partial charge in [-0.25, -0.2) is 9.59 Å². The van der Waals surface area contributed by atoms with Crippen LogP contribution >= 0.6 is 0 Å². The Morgan fingerprint density at radius 3 is 1.88 bits per heavy atom. The number of carboxylic acid groups (broad SMARTS) is 2. The standard InChI is InChI=1S/C20H28N2O10/c1-10(2)19(29)31-8-12(18(27)28)7-15(23)14(5-6-16(24)25)22-17(26)13(21)9-32-20(30)11(3)4/h12-14H,1,3,5-9,21H2,2,4H3,(H,22,26)(H,24,25)(H,27,28)/p-1/t12-,13-,14-/m0/s1. The van der Waals surface area contributed by atoms with E-state index in [0.717, 1.165) is 0 Å². The molecule has 4 N–H and O–H groups in total. The van der Waals surface area contributed by atoms with Crippen LogP contribution in [0.1, 0.15) is 33.1 Å². The average molecular weight is 455 g/mol. The minimum Gasteiger partial charge on any atom is -0.550 e. The lowest BCUT2D eigenvalue weighted by Crippen LogP contribution is -2.70. The molecular weight excluding hydrogens is 428 g/mol. The van der Waals surface area contributed by atoms with Gasteiger partial charge in [-0.3, -0.25) is 9.59 Å². The van der Waals surface area contributed by atoms with Crippen molar-refractivity contribution >= 4 is 35.6 Å². The summed E-state index contributed by atoms with van der Waals surface area (Å²) in [6.07, 6.45) is -1.71. The van der Waals surface area contributed by atoms with E-state index in [1.807, 2.05) is 0 Å². The minimum atomic E-state index is -1.68. The molecule has 0 bridgehead atoms. The number of ether oxygens (including phenoxy) is 2. The molecule has 0 aliphatic carbocycles. The van der Waals surface area contributed by atoms with Crippen molar-refractivity contribution in [2.45, 2.75) is 45.2 Å². The predicted molar refractivity (Wildman–Crippen MR) is 103 cm³/mol. The first-order chi connectivity index (χ1) is 14.8. The zero-order chi connectivity index (χ0) is 25.0. The van der Waals surface area contributed by atoms with Crippen LogP contribution in [-0.4, -0.2) is 60.9 Å². The number of hydrogen-bond acceptors (Lipinski definition) is 10. The van der Waals surface area contributed by atoms with Crippen LogP contribution in [0.15, 0.2) is 24.3 Å². The van der Waals surface area contributed by atoms with E-state index in [1.54, 1.807) is 0 Å². The van der Waals surface area contributed by atoms with Crippen LogP contribution in [0, 0.1) is 5.92 Å². The number of Topliss-reactive ketones (excluding diaryl/α,β-unsaturated/α-hetero) is 1. The maximum absolute atomic E-state index is 12.6. The van der Waals surface area contributed by atoms with Gasteiger partial charge in [-0.05, 0) is 26.7 Å². The molecule has 0 rings (SSSR count). The molecule has 0 aliphatic rings. The lowest BCUT2D eigenvalue weighted by Gasteiger charge is -2.23. The van der Waals surface area contributed by atoms with Crippen molar-refractivity contribution in [3.8, 4) is 0 Å². The molecule has 0 saturated carbocycles. The second kappa shape index (κ2) is 13.7. The first kappa shape index (κ1) is 28.5. The van der Waals surface area contributed by atoms with Crippen LogP contribution in [0.25, 0.3) is 0 Å². The van der Waals surface area contributed by atoms with Crippen molar-refractivity contribution in [1.29, 1.82) is 0 Å². The van der Waals surface area contributed by atoms with Crippen molar-refractivity contribution in [3.05, 3.63) is 24.3 Å². The summed E-state index contributed by atoms with van der Waals surface area (Å²) in [7, 11) is 0. The van der Waals surface area contributed by atoms with Gasteiger partial charge < -0.3 is 40.3 Å². The fourth-order valence-electron chi connectivity index (χ4n) is 2.14. The SMILES string of the molecule is C=C(C)C(=O)OC[C@H](CC(=O)[C@H](CCC(=O)[O-])NC(=O)[C@@H]([NH3+])COC(=O)C(=C)C)C(=O)[O-]. The minimum absolute atomic E-state index is 0.0151. The highest BCUT2D eigenvalue weighted by molar-refractivity contribution is 5.93. The summed E-state index contributed by atoms with van der Waals surface area (Å²) >= 11 is 0. The Balaban J connectivity index is 5.19. The smallest absolute Gasteiger partial charge is 0.333 e. The number of carbonyl (C=O) groups is 6. The zero-order valence-corrected chi connectivity index (χ0v) is 18.0. The van der Waals surface area contributed by atoms with Gasteiger partial charge in [0.1, 0.15) is 6.61 Å². The highest BCUT2D eigenvalue weighted by Gasteiger charge is 2.28. The maximum Gasteiger partial charge on any atom is 0.333 e. The van der Waals surface area contributed by atoms with Crippen LogP contribution in [0.5, 0.6) is 0 Å². The van der Waals surface area contributed by atoms with Gasteiger partial charge in [0.15, 0.2) is 18.4 Å². The molecule has 12 nitrogen and oxygen atoms in total. The molecular formula is C20H27N2O10-. The van der Waals surface area contributed by atoms with E-state index >= 15 is 0 Å². The first-order valence-corrected chi connectivity index (χ1v) is 9.48. The lowest BCUT2D eigenvalue weighted by atomic mass is 9.96. The molecule has 0 spiro atoms. The fourth-order valence-corrected chi connectivity index (χ4v) is 2.14. The Hall–Kier alpha value is -3.54. The number of carboxylic acids is 2. The molecule has 0 fully saturated rings. The van der Waals surface area contributed by atoms with E-state index in [4.69, 9.17) is 9.47 Å². The molecule has 0 aromatic heterocycles. The molecule has 0 heterocycles. The molecule has 1 amide bonds. The summed E-state index contributed by atoms with van der Waals surface area (Å²) in [6, 6.07) is -2.55. The van der Waals surface area contributed by atoms with E-state index in [2.05, 4.69) is 24.2 Å². The molecule has 0 unspecified atom stereocenters. The third-order valence-electron chi connectivity index (χ3n) is 4.02. The fraction of sp³-hybridized carbons (Fsp3) is 0.500. The average Bonchev–Trinajstić information content (AvgIpc) is 2.70. The largest absolute Gasteiger partial charge is 0.550 e. The van der Waals surface area contributed by atoms with E-state index in [-0.39, 0.29) is 11.1 Å². The third-order valence-corrected chi connectivity index (χ3v) is 4.02. The van der Waals surface area contributed by atoms with Crippen LogP contribution < -0.4 is 21.3 Å². The van der Waals surface area contributed by atoms with E-state index in [9.17, 15) is 39.0 Å². The van der Waals surface area contributed by atoms with Gasteiger partial charge in [0, 0.05) is 35.4 Å². The van der Waals surface area contributed by atoms with Crippen molar-refractivity contribution in [2.24, 2.45) is 5.92 Å². The molecule has 0 saturated heterocycles. The number of amides is 1. The number of hydrogen-bond donors (Lipinski definition) is 2. The number of quaternary nitrogens is 1. The van der Waals surface area contributed by atoms with Gasteiger partial charge >= 0.3 is 11.9 Å². The van der Waals surface area contributed by atoms with Gasteiger partial charge in [-0.1, -0.05) is 13.2 Å². The quantitative estimate of drug-likeness (QED) is 0.182. The summed E-state index contributed by atoms with van der Waals surface area (Å²) < 4.78 is 9.53. The first-order valence-electron chi connectivity index (χ1n) is 9.48. The number of ketones is 1. The van der Waals surface area contributed by atoms with Gasteiger partial charge in [-0.15, -0.1) is 0 Å². The number of nitrogens with one attached hydrogen (secondary N) is 1. The lowest BCUT2D eigenvalue weighted by molar-refractivity contribution is -0.409. The van der Waals surface area contributed by atoms with Crippen molar-refractivity contribution < 1.29 is 54.2 Å². The van der Waals surface area contributed by atoms with E-state index < -0.39 is 86.0 Å². The van der Waals surface area contributed by atoms with Crippen LogP contribution in [0.4, 0.5) is 0 Å². The normalized spacial score (nSPS) is 13.1. The molecule has 3 atom stereocenters. The topological polar surface area (TPSA) is 207 Å². The third kappa shape index (κ3) is 11.0. The molecule has 178 valence electrons. The Morgan fingerprint density at radius 2 is 1.44 bits per heavy atom. The summed E-state index contributed by atoms with van der Waals surface area (Å²) in [4.78, 5) is 69.8. The van der Waals surface area contributed by atoms with Gasteiger partial charge in [0.05, 0.1) is 6.04 Å². The van der Waals surface area contributed by atoms with E-state index in [1.165, 1.54) is 13.8 Å². The monoisotopic (exact) mass is 455 g/mol. The van der Waals surface area contributed by atoms with Gasteiger partial charge in [0.2, 0.25) is 0 Å². The number of rotatable bonds is 15. The molecule has 0 aromatic carbocycles. The Morgan fingerprint density at radius 1 is 0.938 bits per heavy atom. The van der Waals surface area contributed by atoms with Gasteiger partial charge in [-0.2, -0.15) is 0 Å². The van der Waals surface area contributed by atoms with Crippen LogP contribution in [0.2, 0.25) is 0 Å². The highest BCUT2D eigenvalue weighted by atomic mass is 16.5. The van der Waals surface area contributed by atoms with Crippen molar-refractivity contribution in [1.82, 2.24) is 5.32 Å². The Labute approximate surface area is 184 Å². The van der Waals surface area contributed by atoms with Gasteiger partial charge in [0.25, 0.3) is 5.91 Å². The summed E-state index contributed by atoms with van der Waals surface area (Å²) in [5.74, 6) is -8.02. The Bertz CT molecular complexity index is 789. The second-order valence-corrected chi connectivity index (χ2v) is 7.11. The number of aliphatic carboxylic acids is 2. The highest BCUT2D eigenvalue weighted by Crippen LogP contribution is 2.11. The second-order valence-electron chi connectivity index (χ2n) is 7.11. The molecule has 0 aromatic rings. The molecule has 12 heteroatoms.